The summed E-state index contributed by atoms with van der Waals surface area (Å²) < 4.78 is 53.2. The van der Waals surface area contributed by atoms with Crippen molar-refractivity contribution in [2.24, 2.45) is 0 Å². The molecule has 170 valence electrons. The van der Waals surface area contributed by atoms with E-state index in [1.54, 1.807) is 43.3 Å². The number of rotatable bonds is 7. The van der Waals surface area contributed by atoms with Crippen LogP contribution >= 0.6 is 0 Å². The van der Waals surface area contributed by atoms with Gasteiger partial charge in [-0.1, -0.05) is 12.1 Å². The summed E-state index contributed by atoms with van der Waals surface area (Å²) in [6.07, 6.45) is -1.58. The first-order valence-electron chi connectivity index (χ1n) is 10.0. The molecule has 0 saturated heterocycles. The SMILES string of the molecule is CN(C)CC1=C(C(F)(F)F)CCC(NC(=O)c2cccnc2NCc2ccc(F)cc2)=C1. The third kappa shape index (κ3) is 6.16. The third-order valence-electron chi connectivity index (χ3n) is 4.91. The largest absolute Gasteiger partial charge is 0.413 e. The molecule has 0 fully saturated rings. The summed E-state index contributed by atoms with van der Waals surface area (Å²) in [5.74, 6) is -0.486. The van der Waals surface area contributed by atoms with Crippen LogP contribution in [-0.4, -0.2) is 42.6 Å². The summed E-state index contributed by atoms with van der Waals surface area (Å²) in [6, 6.07) is 9.10. The second kappa shape index (κ2) is 9.95. The summed E-state index contributed by atoms with van der Waals surface area (Å²) in [5, 5.41) is 5.78. The molecule has 1 amide bonds. The molecule has 32 heavy (non-hydrogen) atoms. The molecule has 1 aliphatic rings. The Morgan fingerprint density at radius 3 is 2.50 bits per heavy atom. The number of nitrogens with one attached hydrogen (secondary N) is 2. The molecule has 9 heteroatoms. The van der Waals surface area contributed by atoms with E-state index in [-0.39, 0.29) is 36.3 Å². The van der Waals surface area contributed by atoms with Crippen molar-refractivity contribution >= 4 is 11.7 Å². The fraction of sp³-hybridized carbons (Fsp3) is 0.304. The Morgan fingerprint density at radius 2 is 1.84 bits per heavy atom. The molecule has 0 atom stereocenters. The molecule has 1 aromatic carbocycles. The molecule has 1 heterocycles. The Kier molecular flexibility index (Phi) is 7.29. The number of likely N-dealkylation sites (N-methyl/N-ethyl adjacent to an activating group) is 1. The third-order valence-corrected chi connectivity index (χ3v) is 4.91. The Morgan fingerprint density at radius 1 is 1.12 bits per heavy atom. The van der Waals surface area contributed by atoms with Crippen LogP contribution in [0.4, 0.5) is 23.4 Å². The van der Waals surface area contributed by atoms with E-state index in [4.69, 9.17) is 0 Å². The Labute approximate surface area is 183 Å². The first kappa shape index (κ1) is 23.5. The minimum Gasteiger partial charge on any atom is -0.365 e. The first-order valence-corrected chi connectivity index (χ1v) is 10.0. The van der Waals surface area contributed by atoms with E-state index in [1.807, 2.05) is 0 Å². The molecular formula is C23H24F4N4O. The van der Waals surface area contributed by atoms with Gasteiger partial charge < -0.3 is 15.5 Å². The summed E-state index contributed by atoms with van der Waals surface area (Å²) in [4.78, 5) is 18.7. The standard InChI is InChI=1S/C23H24F4N4O/c1-31(2)14-16-12-18(9-10-20(16)23(25,26)27)30-22(32)19-4-3-11-28-21(19)29-13-15-5-7-17(24)8-6-15/h3-8,11-12H,9-10,13-14H2,1-2H3,(H,28,29)(H,30,32). The zero-order valence-electron chi connectivity index (χ0n) is 17.8. The molecule has 0 saturated carbocycles. The van der Waals surface area contributed by atoms with E-state index in [2.05, 4.69) is 15.6 Å². The molecule has 0 radical (unpaired) electrons. The number of allylic oxidation sites excluding steroid dienone is 2. The van der Waals surface area contributed by atoms with Crippen molar-refractivity contribution in [2.45, 2.75) is 25.6 Å². The van der Waals surface area contributed by atoms with Crippen molar-refractivity contribution in [3.8, 4) is 0 Å². The lowest BCUT2D eigenvalue weighted by molar-refractivity contribution is -0.0950. The van der Waals surface area contributed by atoms with Gasteiger partial charge in [-0.15, -0.1) is 0 Å². The number of pyridine rings is 1. The molecule has 0 unspecified atom stereocenters. The van der Waals surface area contributed by atoms with Gasteiger partial charge in [0.25, 0.3) is 5.91 Å². The van der Waals surface area contributed by atoms with E-state index < -0.39 is 17.7 Å². The van der Waals surface area contributed by atoms with E-state index in [9.17, 15) is 22.4 Å². The number of carbonyl (C=O) groups excluding carboxylic acids is 1. The highest BCUT2D eigenvalue weighted by Crippen LogP contribution is 2.36. The van der Waals surface area contributed by atoms with Gasteiger partial charge in [-0.25, -0.2) is 9.37 Å². The van der Waals surface area contributed by atoms with Crippen LogP contribution in [0, 0.1) is 5.82 Å². The van der Waals surface area contributed by atoms with Gasteiger partial charge in [0.15, 0.2) is 0 Å². The number of amides is 1. The molecule has 2 N–H and O–H groups in total. The van der Waals surface area contributed by atoms with Gasteiger partial charge in [0.1, 0.15) is 11.6 Å². The number of hydrogen-bond donors (Lipinski definition) is 2. The molecule has 3 rings (SSSR count). The van der Waals surface area contributed by atoms with Crippen molar-refractivity contribution in [1.82, 2.24) is 15.2 Å². The number of anilines is 1. The van der Waals surface area contributed by atoms with Crippen molar-refractivity contribution in [3.63, 3.8) is 0 Å². The highest BCUT2D eigenvalue weighted by molar-refractivity contribution is 5.99. The zero-order chi connectivity index (χ0) is 23.3. The van der Waals surface area contributed by atoms with Crippen molar-refractivity contribution in [3.05, 3.63) is 82.5 Å². The predicted octanol–water partition coefficient (Wildman–Crippen LogP) is 4.66. The average Bonchev–Trinajstić information content (AvgIpc) is 2.72. The van der Waals surface area contributed by atoms with Gasteiger partial charge in [-0.05, 0) is 68.4 Å². The first-order chi connectivity index (χ1) is 15.1. The van der Waals surface area contributed by atoms with E-state index in [1.165, 1.54) is 24.4 Å². The van der Waals surface area contributed by atoms with Gasteiger partial charge in [0.05, 0.1) is 5.56 Å². The molecule has 0 aliphatic heterocycles. The molecule has 5 nitrogen and oxygen atoms in total. The normalized spacial score (nSPS) is 14.4. The lowest BCUT2D eigenvalue weighted by Crippen LogP contribution is -2.29. The van der Waals surface area contributed by atoms with E-state index in [0.717, 1.165) is 5.56 Å². The number of alkyl halides is 3. The van der Waals surface area contributed by atoms with Crippen LogP contribution in [0.2, 0.25) is 0 Å². The Balaban J connectivity index is 1.76. The molecule has 0 bridgehead atoms. The fourth-order valence-corrected chi connectivity index (χ4v) is 3.42. The highest BCUT2D eigenvalue weighted by Gasteiger charge is 2.37. The smallest absolute Gasteiger partial charge is 0.365 e. The Hall–Kier alpha value is -3.20. The second-order valence-corrected chi connectivity index (χ2v) is 7.74. The lowest BCUT2D eigenvalue weighted by atomic mass is 9.94. The average molecular weight is 448 g/mol. The quantitative estimate of drug-likeness (QED) is 0.605. The second-order valence-electron chi connectivity index (χ2n) is 7.74. The zero-order valence-corrected chi connectivity index (χ0v) is 17.8. The van der Waals surface area contributed by atoms with E-state index in [0.29, 0.717) is 18.1 Å². The van der Waals surface area contributed by atoms with Crippen molar-refractivity contribution < 1.29 is 22.4 Å². The Bertz CT molecular complexity index is 1030. The number of nitrogens with zero attached hydrogens (tertiary/aromatic N) is 2. The lowest BCUT2D eigenvalue weighted by Gasteiger charge is -2.24. The summed E-state index contributed by atoms with van der Waals surface area (Å²) in [7, 11) is 3.38. The molecule has 2 aromatic rings. The van der Waals surface area contributed by atoms with Crippen LogP contribution in [0.3, 0.4) is 0 Å². The minimum absolute atomic E-state index is 0.0795. The van der Waals surface area contributed by atoms with Gasteiger partial charge >= 0.3 is 6.18 Å². The van der Waals surface area contributed by atoms with Gasteiger partial charge in [-0.2, -0.15) is 13.2 Å². The summed E-state index contributed by atoms with van der Waals surface area (Å²) in [5.41, 5.74) is 1.07. The highest BCUT2D eigenvalue weighted by atomic mass is 19.4. The van der Waals surface area contributed by atoms with Crippen molar-refractivity contribution in [2.75, 3.05) is 26.0 Å². The van der Waals surface area contributed by atoms with E-state index >= 15 is 0 Å². The maximum atomic E-state index is 13.4. The number of aromatic nitrogens is 1. The van der Waals surface area contributed by atoms with Crippen LogP contribution in [0.5, 0.6) is 0 Å². The monoisotopic (exact) mass is 448 g/mol. The van der Waals surface area contributed by atoms with Gasteiger partial charge in [0, 0.05) is 30.6 Å². The number of carbonyl (C=O) groups is 1. The van der Waals surface area contributed by atoms with Crippen LogP contribution in [0.1, 0.15) is 28.8 Å². The maximum absolute atomic E-state index is 13.4. The molecular weight excluding hydrogens is 424 g/mol. The van der Waals surface area contributed by atoms with Crippen LogP contribution < -0.4 is 10.6 Å². The minimum atomic E-state index is -4.40. The maximum Gasteiger partial charge on any atom is 0.413 e. The number of halogens is 4. The van der Waals surface area contributed by atoms with Gasteiger partial charge in [-0.3, -0.25) is 4.79 Å². The topological polar surface area (TPSA) is 57.3 Å². The van der Waals surface area contributed by atoms with Gasteiger partial charge in [0.2, 0.25) is 0 Å². The van der Waals surface area contributed by atoms with Crippen LogP contribution in [0.15, 0.2) is 65.5 Å². The van der Waals surface area contributed by atoms with Crippen LogP contribution in [0.25, 0.3) is 0 Å². The predicted molar refractivity (Wildman–Crippen MR) is 114 cm³/mol. The molecule has 0 spiro atoms. The fourth-order valence-electron chi connectivity index (χ4n) is 3.42. The molecule has 1 aliphatic carbocycles. The summed E-state index contributed by atoms with van der Waals surface area (Å²) in [6.45, 7) is 0.441. The summed E-state index contributed by atoms with van der Waals surface area (Å²) >= 11 is 0. The number of benzene rings is 1. The van der Waals surface area contributed by atoms with Crippen molar-refractivity contribution in [1.29, 1.82) is 0 Å². The number of hydrogen-bond acceptors (Lipinski definition) is 4. The van der Waals surface area contributed by atoms with Crippen LogP contribution in [-0.2, 0) is 6.54 Å². The molecule has 1 aromatic heterocycles.